The molecule has 0 radical (unpaired) electrons. The molecule has 5 rings (SSSR count). The monoisotopic (exact) mass is 512 g/mol. The maximum atomic E-state index is 12.9. The van der Waals surface area contributed by atoms with Gasteiger partial charge in [-0.2, -0.15) is 18.3 Å². The van der Waals surface area contributed by atoms with Crippen LogP contribution in [0.3, 0.4) is 0 Å². The number of hydrogen-bond donors (Lipinski definition) is 5. The Hall–Kier alpha value is -4.39. The Morgan fingerprint density at radius 3 is 2.62 bits per heavy atom. The molecule has 1 atom stereocenters. The van der Waals surface area contributed by atoms with Crippen molar-refractivity contribution in [3.8, 4) is 11.5 Å². The van der Waals surface area contributed by atoms with Crippen LogP contribution < -0.4 is 26.0 Å². The number of rotatable bonds is 6. The minimum Gasteiger partial charge on any atom is -0.456 e. The van der Waals surface area contributed by atoms with Crippen molar-refractivity contribution in [2.24, 2.45) is 0 Å². The van der Waals surface area contributed by atoms with Crippen LogP contribution in [0.5, 0.6) is 11.5 Å². The largest absolute Gasteiger partial charge is 0.456 e. The number of ether oxygens (including phenoxy) is 1. The van der Waals surface area contributed by atoms with Crippen molar-refractivity contribution in [1.82, 2.24) is 25.5 Å². The van der Waals surface area contributed by atoms with Crippen LogP contribution in [0, 0.1) is 0 Å². The number of benzene rings is 1. The van der Waals surface area contributed by atoms with E-state index in [0.717, 1.165) is 49.6 Å². The van der Waals surface area contributed by atoms with Crippen LogP contribution in [0.25, 0.3) is 11.0 Å². The molecule has 13 heteroatoms. The van der Waals surface area contributed by atoms with Crippen molar-refractivity contribution < 1.29 is 22.7 Å². The van der Waals surface area contributed by atoms with Gasteiger partial charge in [0.25, 0.3) is 0 Å². The van der Waals surface area contributed by atoms with Gasteiger partial charge in [-0.1, -0.05) is 0 Å². The molecule has 0 unspecified atom stereocenters. The van der Waals surface area contributed by atoms with Gasteiger partial charge in [-0.3, -0.25) is 10.4 Å². The number of alkyl halides is 3. The number of halogens is 3. The highest BCUT2D eigenvalue weighted by molar-refractivity contribution is 5.99. The molecule has 4 aromatic rings. The van der Waals surface area contributed by atoms with Crippen molar-refractivity contribution in [3.05, 3.63) is 60.4 Å². The Morgan fingerprint density at radius 1 is 1.05 bits per heavy atom. The van der Waals surface area contributed by atoms with Crippen molar-refractivity contribution in [2.75, 3.05) is 29.0 Å². The van der Waals surface area contributed by atoms with Gasteiger partial charge in [-0.05, 0) is 55.8 Å². The van der Waals surface area contributed by atoms with Crippen LogP contribution in [-0.4, -0.2) is 45.3 Å². The molecule has 1 fully saturated rings. The second-order valence-electron chi connectivity index (χ2n) is 8.43. The molecule has 0 spiro atoms. The summed E-state index contributed by atoms with van der Waals surface area (Å²) in [5, 5.41) is 19.7. The zero-order valence-electron chi connectivity index (χ0n) is 19.4. The van der Waals surface area contributed by atoms with Crippen LogP contribution in [0.2, 0.25) is 0 Å². The molecule has 1 aliphatic heterocycles. The van der Waals surface area contributed by atoms with Crippen molar-refractivity contribution in [1.29, 1.82) is 0 Å². The Labute approximate surface area is 209 Å². The van der Waals surface area contributed by atoms with Crippen molar-refractivity contribution in [3.63, 3.8) is 0 Å². The molecule has 0 aliphatic carbocycles. The van der Waals surface area contributed by atoms with Gasteiger partial charge in [0, 0.05) is 36.7 Å². The van der Waals surface area contributed by atoms with Crippen LogP contribution in [0.1, 0.15) is 18.4 Å². The molecule has 10 nitrogen and oxygen atoms in total. The molecule has 3 aromatic heterocycles. The summed E-state index contributed by atoms with van der Waals surface area (Å²) >= 11 is 0. The van der Waals surface area contributed by atoms with Gasteiger partial charge >= 0.3 is 12.2 Å². The zero-order valence-corrected chi connectivity index (χ0v) is 19.4. The van der Waals surface area contributed by atoms with Gasteiger partial charge < -0.3 is 20.7 Å². The van der Waals surface area contributed by atoms with Crippen molar-refractivity contribution >= 4 is 34.4 Å². The molecule has 37 heavy (non-hydrogen) atoms. The molecule has 2 amide bonds. The lowest BCUT2D eigenvalue weighted by Crippen LogP contribution is -2.38. The summed E-state index contributed by atoms with van der Waals surface area (Å²) in [6, 6.07) is 9.36. The quantitative estimate of drug-likeness (QED) is 0.247. The minimum absolute atomic E-state index is 0.220. The van der Waals surface area contributed by atoms with Gasteiger partial charge in [0.05, 0.1) is 5.56 Å². The Kier molecular flexibility index (Phi) is 6.77. The average molecular weight is 512 g/mol. The third kappa shape index (κ3) is 5.89. The number of fused-ring (bicyclic) bond motifs is 1. The maximum Gasteiger partial charge on any atom is 0.416 e. The molecule has 1 aromatic carbocycles. The standard InChI is InChI=1S/C24H23F3N8O2/c25-24(26,27)14-7-10-29-19(12-14)33-23(36)32-15-3-5-17(6-4-15)37-18-8-11-30-21-20(18)22(35-34-21)31-16-2-1-9-28-13-16/h3-8,10-12,16,28H,1-2,9,13H2,(H2,29,32,33,36)(H2,30,31,34,35)/t16-/m1/s1. The van der Waals surface area contributed by atoms with E-state index in [9.17, 15) is 18.0 Å². The first-order chi connectivity index (χ1) is 17.8. The Morgan fingerprint density at radius 2 is 1.86 bits per heavy atom. The van der Waals surface area contributed by atoms with E-state index in [2.05, 4.69) is 41.4 Å². The number of carbonyl (C=O) groups is 1. The second kappa shape index (κ2) is 10.3. The number of piperidine rings is 1. The first-order valence-electron chi connectivity index (χ1n) is 11.5. The third-order valence-electron chi connectivity index (χ3n) is 5.73. The number of carbonyl (C=O) groups excluding carboxylic acids is 1. The van der Waals surface area contributed by atoms with Gasteiger partial charge in [-0.25, -0.2) is 14.8 Å². The third-order valence-corrected chi connectivity index (χ3v) is 5.73. The summed E-state index contributed by atoms with van der Waals surface area (Å²) in [5.74, 6) is 1.50. The number of H-pyrrole nitrogens is 1. The van der Waals surface area contributed by atoms with E-state index in [0.29, 0.717) is 28.7 Å². The lowest BCUT2D eigenvalue weighted by Gasteiger charge is -2.23. The predicted molar refractivity (Wildman–Crippen MR) is 132 cm³/mol. The summed E-state index contributed by atoms with van der Waals surface area (Å²) in [6.45, 7) is 1.85. The molecular weight excluding hydrogens is 489 g/mol. The molecule has 5 N–H and O–H groups in total. The molecule has 0 saturated carbocycles. The number of aromatic nitrogens is 4. The molecule has 1 saturated heterocycles. The topological polar surface area (TPSA) is 129 Å². The van der Waals surface area contributed by atoms with Gasteiger partial charge in [-0.15, -0.1) is 0 Å². The summed E-state index contributed by atoms with van der Waals surface area (Å²) in [5.41, 5.74) is 0.0880. The average Bonchev–Trinajstić information content (AvgIpc) is 3.29. The zero-order chi connectivity index (χ0) is 25.8. The maximum absolute atomic E-state index is 12.9. The summed E-state index contributed by atoms with van der Waals surface area (Å²) in [4.78, 5) is 20.3. The number of urea groups is 1. The van der Waals surface area contributed by atoms with Crippen LogP contribution >= 0.6 is 0 Å². The summed E-state index contributed by atoms with van der Waals surface area (Å²) in [6.07, 6.45) is 0.171. The number of nitrogens with zero attached hydrogens (tertiary/aromatic N) is 3. The highest BCUT2D eigenvalue weighted by Gasteiger charge is 2.30. The van der Waals surface area contributed by atoms with Gasteiger partial charge in [0.1, 0.15) is 22.7 Å². The van der Waals surface area contributed by atoms with E-state index >= 15 is 0 Å². The number of pyridine rings is 2. The van der Waals surface area contributed by atoms with E-state index in [4.69, 9.17) is 4.74 Å². The van der Waals surface area contributed by atoms with E-state index in [1.807, 2.05) is 0 Å². The van der Waals surface area contributed by atoms with E-state index in [-0.39, 0.29) is 11.9 Å². The van der Waals surface area contributed by atoms with Gasteiger partial charge in [0.15, 0.2) is 11.5 Å². The predicted octanol–water partition coefficient (Wildman–Crippen LogP) is 4.97. The van der Waals surface area contributed by atoms with E-state index in [1.165, 1.54) is 0 Å². The summed E-state index contributed by atoms with van der Waals surface area (Å²) < 4.78 is 44.7. The fourth-order valence-electron chi connectivity index (χ4n) is 3.97. The number of amides is 2. The lowest BCUT2D eigenvalue weighted by atomic mass is 10.1. The highest BCUT2D eigenvalue weighted by Crippen LogP contribution is 2.34. The number of nitrogens with one attached hydrogen (secondary N) is 5. The molecule has 4 heterocycles. The first-order valence-corrected chi connectivity index (χ1v) is 11.5. The number of aromatic amines is 1. The van der Waals surface area contributed by atoms with Crippen molar-refractivity contribution in [2.45, 2.75) is 25.1 Å². The number of hydrogen-bond acceptors (Lipinski definition) is 7. The highest BCUT2D eigenvalue weighted by atomic mass is 19.4. The van der Waals surface area contributed by atoms with E-state index in [1.54, 1.807) is 36.5 Å². The second-order valence-corrected chi connectivity index (χ2v) is 8.43. The molecule has 192 valence electrons. The smallest absolute Gasteiger partial charge is 0.416 e. The fourth-order valence-corrected chi connectivity index (χ4v) is 3.97. The molecule has 1 aliphatic rings. The fraction of sp³-hybridized carbons (Fsp3) is 0.250. The molecule has 0 bridgehead atoms. The van der Waals surface area contributed by atoms with Crippen LogP contribution in [-0.2, 0) is 6.18 Å². The minimum atomic E-state index is -4.54. The van der Waals surface area contributed by atoms with Gasteiger partial charge in [0.2, 0.25) is 0 Å². The normalized spacial score (nSPS) is 15.8. The summed E-state index contributed by atoms with van der Waals surface area (Å²) in [7, 11) is 0. The Bertz CT molecular complexity index is 1390. The van der Waals surface area contributed by atoms with Crippen LogP contribution in [0.15, 0.2) is 54.9 Å². The number of anilines is 3. The molecular formula is C24H23F3N8O2. The SMILES string of the molecule is O=C(Nc1ccc(Oc2ccnc3[nH]nc(N[C@@H]4CCCNC4)c23)cc1)Nc1cc(C(F)(F)F)ccn1. The van der Waals surface area contributed by atoms with Crippen LogP contribution in [0.4, 0.5) is 35.3 Å². The lowest BCUT2D eigenvalue weighted by molar-refractivity contribution is -0.137. The Balaban J connectivity index is 1.24. The first kappa shape index (κ1) is 24.3. The van der Waals surface area contributed by atoms with E-state index < -0.39 is 17.8 Å².